The minimum atomic E-state index is -0.662. The first-order chi connectivity index (χ1) is 37.0. The van der Waals surface area contributed by atoms with E-state index < -0.39 is 12.1 Å². The molecule has 6 nitrogen and oxygen atoms in total. The lowest BCUT2D eigenvalue weighted by Crippen LogP contribution is -2.45. The van der Waals surface area contributed by atoms with Gasteiger partial charge in [0.1, 0.15) is 0 Å². The van der Waals surface area contributed by atoms with E-state index in [-0.39, 0.29) is 18.5 Å². The smallest absolute Gasteiger partial charge is 0.305 e. The van der Waals surface area contributed by atoms with Crippen LogP contribution in [-0.4, -0.2) is 47.4 Å². The molecule has 1 amide bonds. The molecule has 0 aromatic carbocycles. The van der Waals surface area contributed by atoms with Crippen molar-refractivity contribution >= 4 is 11.9 Å². The molecule has 3 N–H and O–H groups in total. The highest BCUT2D eigenvalue weighted by Crippen LogP contribution is 2.19. The van der Waals surface area contributed by atoms with Gasteiger partial charge in [0.2, 0.25) is 5.91 Å². The summed E-state index contributed by atoms with van der Waals surface area (Å²) in [6, 6.07) is -0.539. The number of hydrogen-bond acceptors (Lipinski definition) is 5. The number of aliphatic hydroxyl groups is 2. The van der Waals surface area contributed by atoms with Gasteiger partial charge in [-0.3, -0.25) is 9.59 Å². The summed E-state index contributed by atoms with van der Waals surface area (Å²) in [5.41, 5.74) is 0. The molecule has 0 bridgehead atoms. The van der Waals surface area contributed by atoms with E-state index in [2.05, 4.69) is 31.3 Å². The molecule has 0 spiro atoms. The first-order valence-electron chi connectivity index (χ1n) is 34.4. The lowest BCUT2D eigenvalue weighted by atomic mass is 10.0. The molecule has 0 aliphatic rings. The average molecular weight is 1060 g/mol. The first kappa shape index (κ1) is 73.6. The third-order valence-corrected chi connectivity index (χ3v) is 16.3. The van der Waals surface area contributed by atoms with Crippen molar-refractivity contribution in [3.05, 3.63) is 12.2 Å². The predicted octanol–water partition coefficient (Wildman–Crippen LogP) is 22.0. The number of carbonyl (C=O) groups is 2. The predicted molar refractivity (Wildman–Crippen MR) is 329 cm³/mol. The SMILES string of the molecule is CCCC/C=C\CCCCCCCC(=O)OCCCCCCCCCCCCCCCCCCCCCCCCCCCCCC(=O)NC(CO)C(O)CCCCCCCCCCCCCCCCCCCCCC. The summed E-state index contributed by atoms with van der Waals surface area (Å²) in [7, 11) is 0. The Balaban J connectivity index is 3.35. The molecule has 0 rings (SSSR count). The molecule has 0 saturated carbocycles. The maximum absolute atomic E-state index is 12.5. The summed E-state index contributed by atoms with van der Waals surface area (Å²) in [5.74, 6) is -0.0199. The van der Waals surface area contributed by atoms with Gasteiger partial charge in [0.25, 0.3) is 0 Å². The van der Waals surface area contributed by atoms with E-state index >= 15 is 0 Å². The molecule has 2 unspecified atom stereocenters. The number of rotatable bonds is 65. The van der Waals surface area contributed by atoms with Gasteiger partial charge in [-0.1, -0.05) is 347 Å². The molecule has 0 aromatic rings. The summed E-state index contributed by atoms with van der Waals surface area (Å²) < 4.78 is 5.47. The Hall–Kier alpha value is -1.40. The Labute approximate surface area is 469 Å². The van der Waals surface area contributed by atoms with Crippen LogP contribution < -0.4 is 5.32 Å². The standard InChI is InChI=1S/C69H135NO5/c1-3-5-7-9-11-13-15-16-17-18-19-29-32-35-38-42-45-49-53-57-61-67(72)66(65-71)70-68(73)62-58-54-50-46-43-39-36-33-30-27-25-23-21-20-22-24-26-28-31-34-37-40-44-48-52-56-60-64-75-69(74)63-59-55-51-47-41-14-12-10-8-6-4-2/h10,12,66-67,71-72H,3-9,11,13-65H2,1-2H3,(H,70,73)/b12-10-. The Morgan fingerprint density at radius 3 is 0.987 bits per heavy atom. The van der Waals surface area contributed by atoms with Crippen molar-refractivity contribution < 1.29 is 24.5 Å². The van der Waals surface area contributed by atoms with Gasteiger partial charge in [-0.2, -0.15) is 0 Å². The second-order valence-corrected chi connectivity index (χ2v) is 23.9. The number of amides is 1. The topological polar surface area (TPSA) is 95.9 Å². The molecule has 446 valence electrons. The molecule has 0 fully saturated rings. The number of carbonyl (C=O) groups excluding carboxylic acids is 2. The van der Waals surface area contributed by atoms with Gasteiger partial charge in [-0.05, 0) is 44.9 Å². The molecule has 0 aromatic heterocycles. The largest absolute Gasteiger partial charge is 0.466 e. The number of ether oxygens (including phenoxy) is 1. The van der Waals surface area contributed by atoms with E-state index in [4.69, 9.17) is 4.74 Å². The molecule has 6 heteroatoms. The third-order valence-electron chi connectivity index (χ3n) is 16.3. The molecule has 0 radical (unpaired) electrons. The number of unbranched alkanes of at least 4 members (excludes halogenated alkanes) is 52. The van der Waals surface area contributed by atoms with Crippen LogP contribution in [0.15, 0.2) is 12.2 Å². The maximum atomic E-state index is 12.5. The zero-order valence-corrected chi connectivity index (χ0v) is 51.1. The van der Waals surface area contributed by atoms with E-state index in [0.717, 1.165) is 44.9 Å². The third kappa shape index (κ3) is 61.7. The molecule has 0 saturated heterocycles. The van der Waals surface area contributed by atoms with Crippen molar-refractivity contribution in [3.8, 4) is 0 Å². The fourth-order valence-electron chi connectivity index (χ4n) is 11.0. The quantitative estimate of drug-likeness (QED) is 0.0320. The van der Waals surface area contributed by atoms with Crippen LogP contribution in [0.4, 0.5) is 0 Å². The zero-order valence-electron chi connectivity index (χ0n) is 51.1. The summed E-state index contributed by atoms with van der Waals surface area (Å²) in [5, 5.41) is 23.4. The molecular weight excluding hydrogens is 923 g/mol. The molecule has 0 aliphatic heterocycles. The first-order valence-corrected chi connectivity index (χ1v) is 34.4. The van der Waals surface area contributed by atoms with Crippen molar-refractivity contribution in [1.29, 1.82) is 0 Å². The summed E-state index contributed by atoms with van der Waals surface area (Å²) in [4.78, 5) is 24.5. The molecule has 0 heterocycles. The van der Waals surface area contributed by atoms with Crippen molar-refractivity contribution in [2.24, 2.45) is 0 Å². The molecule has 0 aliphatic carbocycles. The lowest BCUT2D eigenvalue weighted by molar-refractivity contribution is -0.143. The molecule has 75 heavy (non-hydrogen) atoms. The van der Waals surface area contributed by atoms with Gasteiger partial charge < -0.3 is 20.3 Å². The van der Waals surface area contributed by atoms with Crippen molar-refractivity contribution in [1.82, 2.24) is 5.32 Å². The fraction of sp³-hybridized carbons (Fsp3) is 0.942. The number of aliphatic hydroxyl groups excluding tert-OH is 2. The summed E-state index contributed by atoms with van der Waals surface area (Å²) in [6.07, 6.45) is 79.7. The second-order valence-electron chi connectivity index (χ2n) is 23.9. The molecular formula is C69H135NO5. The van der Waals surface area contributed by atoms with Gasteiger partial charge in [0, 0.05) is 12.8 Å². The van der Waals surface area contributed by atoms with Crippen LogP contribution in [0.3, 0.4) is 0 Å². The number of nitrogens with one attached hydrogen (secondary N) is 1. The fourth-order valence-corrected chi connectivity index (χ4v) is 11.0. The van der Waals surface area contributed by atoms with Gasteiger partial charge in [0.15, 0.2) is 0 Å². The second kappa shape index (κ2) is 65.1. The Kier molecular flexibility index (Phi) is 63.9. The van der Waals surface area contributed by atoms with Crippen LogP contribution >= 0.6 is 0 Å². The number of hydrogen-bond donors (Lipinski definition) is 3. The van der Waals surface area contributed by atoms with E-state index in [9.17, 15) is 19.8 Å². The van der Waals surface area contributed by atoms with Crippen LogP contribution in [-0.2, 0) is 14.3 Å². The number of esters is 1. The summed E-state index contributed by atoms with van der Waals surface area (Å²) >= 11 is 0. The average Bonchev–Trinajstić information content (AvgIpc) is 3.41. The minimum Gasteiger partial charge on any atom is -0.466 e. The monoisotopic (exact) mass is 1060 g/mol. The normalized spacial score (nSPS) is 12.5. The highest BCUT2D eigenvalue weighted by atomic mass is 16.5. The Bertz CT molecular complexity index is 1130. The van der Waals surface area contributed by atoms with E-state index in [1.54, 1.807) is 0 Å². The van der Waals surface area contributed by atoms with E-state index in [1.807, 2.05) is 0 Å². The maximum Gasteiger partial charge on any atom is 0.305 e. The van der Waals surface area contributed by atoms with Gasteiger partial charge in [-0.25, -0.2) is 0 Å². The van der Waals surface area contributed by atoms with E-state index in [0.29, 0.717) is 25.9 Å². The minimum absolute atomic E-state index is 0.00780. The van der Waals surface area contributed by atoms with Crippen LogP contribution in [0, 0.1) is 0 Å². The highest BCUT2D eigenvalue weighted by molar-refractivity contribution is 5.76. The van der Waals surface area contributed by atoms with Crippen LogP contribution in [0.5, 0.6) is 0 Å². The van der Waals surface area contributed by atoms with Crippen LogP contribution in [0.25, 0.3) is 0 Å². The highest BCUT2D eigenvalue weighted by Gasteiger charge is 2.20. The zero-order chi connectivity index (χ0) is 54.3. The van der Waals surface area contributed by atoms with Crippen LogP contribution in [0.1, 0.15) is 393 Å². The van der Waals surface area contributed by atoms with E-state index in [1.165, 1.54) is 315 Å². The van der Waals surface area contributed by atoms with Gasteiger partial charge in [-0.15, -0.1) is 0 Å². The van der Waals surface area contributed by atoms with Gasteiger partial charge in [0.05, 0.1) is 25.4 Å². The van der Waals surface area contributed by atoms with Crippen molar-refractivity contribution in [3.63, 3.8) is 0 Å². The summed E-state index contributed by atoms with van der Waals surface area (Å²) in [6.45, 7) is 4.95. The molecule has 2 atom stereocenters. The van der Waals surface area contributed by atoms with Crippen molar-refractivity contribution in [2.45, 2.75) is 405 Å². The number of allylic oxidation sites excluding steroid dienone is 2. The van der Waals surface area contributed by atoms with Crippen LogP contribution in [0.2, 0.25) is 0 Å². The van der Waals surface area contributed by atoms with Crippen molar-refractivity contribution in [2.75, 3.05) is 13.2 Å². The van der Waals surface area contributed by atoms with Gasteiger partial charge >= 0.3 is 5.97 Å². The Morgan fingerprint density at radius 2 is 0.640 bits per heavy atom. The Morgan fingerprint density at radius 1 is 0.360 bits per heavy atom. The lowest BCUT2D eigenvalue weighted by Gasteiger charge is -2.22.